The molecular weight excluding hydrogens is 383 g/mol. The second kappa shape index (κ2) is 7.88. The second-order valence-corrected chi connectivity index (χ2v) is 7.47. The van der Waals surface area contributed by atoms with Crippen molar-refractivity contribution in [3.05, 3.63) is 72.2 Å². The summed E-state index contributed by atoms with van der Waals surface area (Å²) >= 11 is 0. The smallest absolute Gasteiger partial charge is 0.177 e. The lowest BCUT2D eigenvalue weighted by molar-refractivity contribution is 0.250. The maximum atomic E-state index is 14.1. The number of benzene rings is 2. The van der Waals surface area contributed by atoms with E-state index in [1.165, 1.54) is 11.6 Å². The average Bonchev–Trinajstić information content (AvgIpc) is 3.45. The van der Waals surface area contributed by atoms with Crippen LogP contribution < -0.4 is 9.64 Å². The number of halogens is 1. The van der Waals surface area contributed by atoms with Gasteiger partial charge in [-0.1, -0.05) is 18.2 Å². The van der Waals surface area contributed by atoms with E-state index in [0.29, 0.717) is 23.0 Å². The zero-order valence-electron chi connectivity index (χ0n) is 16.8. The standard InChI is InChI=1S/C24H23FN2O3/c1-28-22-9-8-17(18-15-23(30-24(18)22)21-7-4-14-29-21)16-26-10-12-27(13-11-26)20-6-3-2-5-19(20)25/h2-9,14-15H,10-13,16H2,1H3. The summed E-state index contributed by atoms with van der Waals surface area (Å²) in [6.07, 6.45) is 1.63. The zero-order valence-corrected chi connectivity index (χ0v) is 16.8. The van der Waals surface area contributed by atoms with Gasteiger partial charge in [-0.05, 0) is 42.0 Å². The van der Waals surface area contributed by atoms with Crippen molar-refractivity contribution in [3.8, 4) is 17.3 Å². The number of anilines is 1. The molecule has 2 aromatic carbocycles. The molecule has 30 heavy (non-hydrogen) atoms. The van der Waals surface area contributed by atoms with Crippen molar-refractivity contribution in [2.45, 2.75) is 6.54 Å². The number of methoxy groups -OCH3 is 1. The summed E-state index contributed by atoms with van der Waals surface area (Å²) in [6.45, 7) is 4.12. The van der Waals surface area contributed by atoms with Gasteiger partial charge in [0, 0.05) is 38.1 Å². The van der Waals surface area contributed by atoms with E-state index >= 15 is 0 Å². The van der Waals surface area contributed by atoms with E-state index in [1.54, 1.807) is 19.4 Å². The number of hydrogen-bond donors (Lipinski definition) is 0. The Morgan fingerprint density at radius 1 is 0.967 bits per heavy atom. The van der Waals surface area contributed by atoms with Crippen molar-refractivity contribution in [2.75, 3.05) is 38.2 Å². The quantitative estimate of drug-likeness (QED) is 0.458. The van der Waals surface area contributed by atoms with Gasteiger partial charge < -0.3 is 18.5 Å². The molecule has 0 spiro atoms. The molecule has 0 unspecified atom stereocenters. The fourth-order valence-electron chi connectivity index (χ4n) is 4.09. The molecule has 0 aliphatic carbocycles. The first-order valence-electron chi connectivity index (χ1n) is 10.1. The van der Waals surface area contributed by atoms with Gasteiger partial charge in [0.05, 0.1) is 19.1 Å². The van der Waals surface area contributed by atoms with Gasteiger partial charge in [0.25, 0.3) is 0 Å². The summed E-state index contributed by atoms with van der Waals surface area (Å²) in [5.41, 5.74) is 2.58. The summed E-state index contributed by atoms with van der Waals surface area (Å²) in [6, 6.07) is 16.8. The molecule has 5 nitrogen and oxygen atoms in total. The molecule has 4 aromatic rings. The first kappa shape index (κ1) is 18.8. The molecule has 0 bridgehead atoms. The number of fused-ring (bicyclic) bond motifs is 1. The van der Waals surface area contributed by atoms with Crippen LogP contribution in [0.25, 0.3) is 22.5 Å². The second-order valence-electron chi connectivity index (χ2n) is 7.47. The van der Waals surface area contributed by atoms with Gasteiger partial charge in [0.15, 0.2) is 22.9 Å². The van der Waals surface area contributed by atoms with Crippen molar-refractivity contribution in [1.29, 1.82) is 0 Å². The molecule has 1 aliphatic rings. The lowest BCUT2D eigenvalue weighted by Crippen LogP contribution is -2.46. The molecule has 1 aliphatic heterocycles. The maximum absolute atomic E-state index is 14.1. The summed E-state index contributed by atoms with van der Waals surface area (Å²) in [7, 11) is 1.64. The van der Waals surface area contributed by atoms with Crippen LogP contribution in [0.15, 0.2) is 69.7 Å². The van der Waals surface area contributed by atoms with Crippen molar-refractivity contribution in [2.24, 2.45) is 0 Å². The van der Waals surface area contributed by atoms with Crippen molar-refractivity contribution < 1.29 is 18.0 Å². The summed E-state index contributed by atoms with van der Waals surface area (Å²) in [5.74, 6) is 1.92. The minimum atomic E-state index is -0.160. The summed E-state index contributed by atoms with van der Waals surface area (Å²) in [4.78, 5) is 4.50. The highest BCUT2D eigenvalue weighted by molar-refractivity contribution is 5.89. The lowest BCUT2D eigenvalue weighted by atomic mass is 10.1. The minimum absolute atomic E-state index is 0.160. The van der Waals surface area contributed by atoms with E-state index in [4.69, 9.17) is 13.6 Å². The van der Waals surface area contributed by atoms with E-state index in [1.807, 2.05) is 36.4 Å². The van der Waals surface area contributed by atoms with Crippen molar-refractivity contribution >= 4 is 16.7 Å². The van der Waals surface area contributed by atoms with Crippen LogP contribution in [0.4, 0.5) is 10.1 Å². The predicted octanol–water partition coefficient (Wildman–Crippen LogP) is 5.16. The largest absolute Gasteiger partial charge is 0.493 e. The SMILES string of the molecule is COc1ccc(CN2CCN(c3ccccc3F)CC2)c2cc(-c3ccco3)oc12. The third-order valence-electron chi connectivity index (χ3n) is 5.68. The normalized spacial score (nSPS) is 15.1. The lowest BCUT2D eigenvalue weighted by Gasteiger charge is -2.36. The minimum Gasteiger partial charge on any atom is -0.493 e. The van der Waals surface area contributed by atoms with Gasteiger partial charge in [-0.15, -0.1) is 0 Å². The van der Waals surface area contributed by atoms with Crippen LogP contribution in [0.3, 0.4) is 0 Å². The van der Waals surface area contributed by atoms with Crippen LogP contribution >= 0.6 is 0 Å². The molecule has 154 valence electrons. The Morgan fingerprint density at radius 2 is 1.80 bits per heavy atom. The Hall–Kier alpha value is -3.25. The van der Waals surface area contributed by atoms with E-state index < -0.39 is 0 Å². The molecule has 3 heterocycles. The van der Waals surface area contributed by atoms with Gasteiger partial charge in [0.1, 0.15) is 5.82 Å². The fraction of sp³-hybridized carbons (Fsp3) is 0.250. The third-order valence-corrected chi connectivity index (χ3v) is 5.68. The van der Waals surface area contributed by atoms with Crippen LogP contribution in [0.5, 0.6) is 5.75 Å². The first-order valence-corrected chi connectivity index (χ1v) is 10.1. The van der Waals surface area contributed by atoms with Crippen LogP contribution in [-0.4, -0.2) is 38.2 Å². The summed E-state index contributed by atoms with van der Waals surface area (Å²) in [5, 5.41) is 1.03. The molecule has 0 saturated carbocycles. The Labute approximate surface area is 174 Å². The van der Waals surface area contributed by atoms with Crippen LogP contribution in [0.2, 0.25) is 0 Å². The molecule has 0 N–H and O–H groups in total. The van der Waals surface area contributed by atoms with Crippen LogP contribution in [-0.2, 0) is 6.54 Å². The maximum Gasteiger partial charge on any atom is 0.177 e. The third kappa shape index (κ3) is 3.44. The Morgan fingerprint density at radius 3 is 2.53 bits per heavy atom. The highest BCUT2D eigenvalue weighted by Gasteiger charge is 2.21. The van der Waals surface area contributed by atoms with Crippen molar-refractivity contribution in [1.82, 2.24) is 4.90 Å². The van der Waals surface area contributed by atoms with Crippen LogP contribution in [0.1, 0.15) is 5.56 Å². The molecule has 0 radical (unpaired) electrons. The predicted molar refractivity (Wildman–Crippen MR) is 114 cm³/mol. The monoisotopic (exact) mass is 406 g/mol. The van der Waals surface area contributed by atoms with E-state index in [-0.39, 0.29) is 5.82 Å². The molecule has 6 heteroatoms. The number of hydrogen-bond acceptors (Lipinski definition) is 5. The number of ether oxygens (including phenoxy) is 1. The molecule has 1 fully saturated rings. The van der Waals surface area contributed by atoms with E-state index in [2.05, 4.69) is 15.9 Å². The van der Waals surface area contributed by atoms with Gasteiger partial charge in [-0.3, -0.25) is 4.90 Å². The number of piperazine rings is 1. The Balaban J connectivity index is 1.36. The Kier molecular flexibility index (Phi) is 4.93. The topological polar surface area (TPSA) is 42.0 Å². The molecule has 0 amide bonds. The number of furan rings is 2. The van der Waals surface area contributed by atoms with E-state index in [0.717, 1.165) is 43.7 Å². The molecule has 0 atom stereocenters. The number of nitrogens with zero attached hydrogens (tertiary/aromatic N) is 2. The first-order chi connectivity index (χ1) is 14.7. The van der Waals surface area contributed by atoms with Gasteiger partial charge >= 0.3 is 0 Å². The van der Waals surface area contributed by atoms with Gasteiger partial charge in [-0.2, -0.15) is 0 Å². The average molecular weight is 406 g/mol. The molecule has 1 saturated heterocycles. The van der Waals surface area contributed by atoms with Gasteiger partial charge in [-0.25, -0.2) is 4.39 Å². The summed E-state index contributed by atoms with van der Waals surface area (Å²) < 4.78 is 31.2. The molecule has 5 rings (SSSR count). The zero-order chi connectivity index (χ0) is 20.5. The highest BCUT2D eigenvalue weighted by Crippen LogP contribution is 2.36. The highest BCUT2D eigenvalue weighted by atomic mass is 19.1. The van der Waals surface area contributed by atoms with Crippen LogP contribution in [0, 0.1) is 5.82 Å². The fourth-order valence-corrected chi connectivity index (χ4v) is 4.09. The van der Waals surface area contributed by atoms with Gasteiger partial charge in [0.2, 0.25) is 0 Å². The van der Waals surface area contributed by atoms with E-state index in [9.17, 15) is 4.39 Å². The number of rotatable bonds is 5. The van der Waals surface area contributed by atoms with Crippen molar-refractivity contribution in [3.63, 3.8) is 0 Å². The Bertz CT molecular complexity index is 1140. The number of para-hydroxylation sites is 1. The molecule has 2 aromatic heterocycles. The molecular formula is C24H23FN2O3.